The molecule has 1 fully saturated rings. The molecule has 3 N–H and O–H groups in total. The Bertz CT molecular complexity index is 2160. The molecule has 0 aliphatic carbocycles. The lowest BCUT2D eigenvalue weighted by molar-refractivity contribution is -0.137. The molecular formula is C31H24ClF3N4O5S2. The molecule has 1 aliphatic heterocycles. The first-order valence-corrected chi connectivity index (χ1v) is 17.2. The van der Waals surface area contributed by atoms with Crippen molar-refractivity contribution >= 4 is 48.6 Å². The van der Waals surface area contributed by atoms with E-state index in [0.717, 1.165) is 23.3 Å². The molecule has 15 heteroatoms. The van der Waals surface area contributed by atoms with Crippen LogP contribution in [0.25, 0.3) is 22.2 Å². The summed E-state index contributed by atoms with van der Waals surface area (Å²) in [4.78, 5) is 18.8. The molecule has 2 atom stereocenters. The van der Waals surface area contributed by atoms with Crippen molar-refractivity contribution in [3.63, 3.8) is 0 Å². The zero-order chi connectivity index (χ0) is 32.9. The SMILES string of the molecule is O=C1CC(c2ccc(C[C@H](NS(=O)(=O)c3ccc(-c4ccccc4)cc3)c3nc4c(Cl)cc(C(F)(F)F)cc4[nH]3)cc2)S(=O)(=O)N1. The summed E-state index contributed by atoms with van der Waals surface area (Å²) in [6.07, 6.45) is -4.93. The van der Waals surface area contributed by atoms with E-state index >= 15 is 0 Å². The molecular weight excluding hydrogens is 665 g/mol. The van der Waals surface area contributed by atoms with Crippen molar-refractivity contribution in [3.05, 3.63) is 119 Å². The Morgan fingerprint density at radius 2 is 1.61 bits per heavy atom. The average Bonchev–Trinajstić information content (AvgIpc) is 3.57. The standard InChI is InChI=1S/C31H24ClF3N4O5S2/c32-24-15-22(31(33,34)35)16-25-29(24)37-30(36-25)26(14-18-6-8-21(9-7-18)27-17-28(40)39-46(27,43)44)38-45(41,42)23-12-10-20(11-13-23)19-4-2-1-3-5-19/h1-13,15-16,26-27,38H,14,17H2,(H,36,37)(H,39,40)/t26-,27?/m0/s1. The third kappa shape index (κ3) is 6.51. The topological polar surface area (TPSA) is 138 Å². The monoisotopic (exact) mass is 688 g/mol. The number of hydrogen-bond acceptors (Lipinski definition) is 6. The first kappa shape index (κ1) is 31.7. The molecule has 4 aromatic carbocycles. The van der Waals surface area contributed by atoms with Crippen molar-refractivity contribution in [3.8, 4) is 11.1 Å². The second kappa shape index (κ2) is 11.8. The van der Waals surface area contributed by atoms with Crippen molar-refractivity contribution < 1.29 is 34.8 Å². The molecule has 2 heterocycles. The van der Waals surface area contributed by atoms with Crippen molar-refractivity contribution in [1.29, 1.82) is 0 Å². The van der Waals surface area contributed by atoms with Gasteiger partial charge in [0.1, 0.15) is 16.6 Å². The predicted molar refractivity (Wildman–Crippen MR) is 166 cm³/mol. The first-order chi connectivity index (χ1) is 21.7. The highest BCUT2D eigenvalue weighted by Gasteiger charge is 2.38. The van der Waals surface area contributed by atoms with Crippen LogP contribution in [0.15, 0.2) is 95.9 Å². The van der Waals surface area contributed by atoms with Gasteiger partial charge < -0.3 is 4.98 Å². The Kier molecular flexibility index (Phi) is 8.17. The molecule has 1 saturated heterocycles. The van der Waals surface area contributed by atoms with Crippen molar-refractivity contribution in [2.24, 2.45) is 0 Å². The second-order valence-electron chi connectivity index (χ2n) is 10.7. The van der Waals surface area contributed by atoms with E-state index in [9.17, 15) is 34.8 Å². The number of benzene rings is 4. The highest BCUT2D eigenvalue weighted by molar-refractivity contribution is 7.90. The molecule has 238 valence electrons. The van der Waals surface area contributed by atoms with E-state index in [0.29, 0.717) is 11.1 Å². The molecule has 1 amide bonds. The molecule has 5 aromatic rings. The third-order valence-corrected chi connectivity index (χ3v) is 11.1. The average molecular weight is 689 g/mol. The number of amides is 1. The van der Waals surface area contributed by atoms with Crippen LogP contribution < -0.4 is 9.44 Å². The minimum atomic E-state index is -4.68. The summed E-state index contributed by atoms with van der Waals surface area (Å²) in [5.74, 6) is -0.601. The minimum Gasteiger partial charge on any atom is -0.341 e. The van der Waals surface area contributed by atoms with Crippen LogP contribution >= 0.6 is 11.6 Å². The number of fused-ring (bicyclic) bond motifs is 1. The number of H-pyrrole nitrogens is 1. The van der Waals surface area contributed by atoms with Crippen LogP contribution in [0.3, 0.4) is 0 Å². The van der Waals surface area contributed by atoms with E-state index < -0.39 is 49.0 Å². The Balaban J connectivity index is 1.34. The van der Waals surface area contributed by atoms with E-state index in [1.54, 1.807) is 24.3 Å². The molecule has 0 spiro atoms. The maximum Gasteiger partial charge on any atom is 0.416 e. The molecule has 0 radical (unpaired) electrons. The van der Waals surface area contributed by atoms with Crippen LogP contribution in [0, 0.1) is 0 Å². The maximum atomic E-state index is 13.6. The van der Waals surface area contributed by atoms with Crippen LogP contribution in [-0.2, 0) is 37.4 Å². The van der Waals surface area contributed by atoms with Gasteiger partial charge in [0.05, 0.1) is 33.5 Å². The van der Waals surface area contributed by atoms with Gasteiger partial charge in [0.25, 0.3) is 0 Å². The second-order valence-corrected chi connectivity index (χ2v) is 14.7. The fourth-order valence-electron chi connectivity index (χ4n) is 5.28. The molecule has 1 aliphatic rings. The summed E-state index contributed by atoms with van der Waals surface area (Å²) in [7, 11) is -8.07. The number of imidazole rings is 1. The van der Waals surface area contributed by atoms with Crippen molar-refractivity contribution in [2.75, 3.05) is 0 Å². The van der Waals surface area contributed by atoms with Gasteiger partial charge in [0.15, 0.2) is 0 Å². The number of alkyl halides is 3. The van der Waals surface area contributed by atoms with Gasteiger partial charge in [-0.15, -0.1) is 0 Å². The molecule has 1 unspecified atom stereocenters. The number of aromatic nitrogens is 2. The van der Waals surface area contributed by atoms with Crippen LogP contribution in [-0.4, -0.2) is 32.7 Å². The number of carbonyl (C=O) groups is 1. The Labute approximate surface area is 266 Å². The Morgan fingerprint density at radius 3 is 2.22 bits per heavy atom. The molecule has 46 heavy (non-hydrogen) atoms. The van der Waals surface area contributed by atoms with Crippen molar-refractivity contribution in [1.82, 2.24) is 19.4 Å². The van der Waals surface area contributed by atoms with E-state index in [4.69, 9.17) is 11.6 Å². The smallest absolute Gasteiger partial charge is 0.341 e. The van der Waals surface area contributed by atoms with Crippen molar-refractivity contribution in [2.45, 2.75) is 35.2 Å². The van der Waals surface area contributed by atoms with Crippen LogP contribution in [0.2, 0.25) is 5.02 Å². The predicted octanol–water partition coefficient (Wildman–Crippen LogP) is 6.06. The van der Waals surface area contributed by atoms with Crippen LogP contribution in [0.1, 0.15) is 40.2 Å². The van der Waals surface area contributed by atoms with Gasteiger partial charge in [0, 0.05) is 0 Å². The van der Waals surface area contributed by atoms with E-state index in [2.05, 4.69) is 14.7 Å². The quantitative estimate of drug-likeness (QED) is 0.181. The van der Waals surface area contributed by atoms with Gasteiger partial charge in [0.2, 0.25) is 26.0 Å². The van der Waals surface area contributed by atoms with E-state index in [-0.39, 0.29) is 39.6 Å². The molecule has 0 bridgehead atoms. The van der Waals surface area contributed by atoms with Gasteiger partial charge in [-0.2, -0.15) is 13.2 Å². The highest BCUT2D eigenvalue weighted by atomic mass is 35.5. The Morgan fingerprint density at radius 1 is 0.957 bits per heavy atom. The van der Waals surface area contributed by atoms with Crippen LogP contribution in [0.4, 0.5) is 13.2 Å². The summed E-state index contributed by atoms with van der Waals surface area (Å²) in [6.45, 7) is 0. The summed E-state index contributed by atoms with van der Waals surface area (Å²) in [5.41, 5.74) is 1.60. The van der Waals surface area contributed by atoms with Gasteiger partial charge >= 0.3 is 6.18 Å². The third-order valence-electron chi connectivity index (χ3n) is 7.58. The largest absolute Gasteiger partial charge is 0.416 e. The van der Waals surface area contributed by atoms with Gasteiger partial charge in [-0.3, -0.25) is 9.52 Å². The van der Waals surface area contributed by atoms with Crippen LogP contribution in [0.5, 0.6) is 0 Å². The number of hydrogen-bond donors (Lipinski definition) is 3. The molecule has 1 aromatic heterocycles. The van der Waals surface area contributed by atoms with E-state index in [1.807, 2.05) is 35.1 Å². The van der Waals surface area contributed by atoms with Gasteiger partial charge in [-0.05, 0) is 52.9 Å². The number of rotatable bonds is 8. The molecule has 6 rings (SSSR count). The number of halogens is 4. The van der Waals surface area contributed by atoms with Gasteiger partial charge in [-0.1, -0.05) is 78.3 Å². The summed E-state index contributed by atoms with van der Waals surface area (Å²) < 4.78 is 96.8. The summed E-state index contributed by atoms with van der Waals surface area (Å²) in [6, 6.07) is 22.3. The lowest BCUT2D eigenvalue weighted by Gasteiger charge is -2.18. The van der Waals surface area contributed by atoms with E-state index in [1.165, 1.54) is 24.3 Å². The number of carbonyl (C=O) groups excluding carboxylic acids is 1. The summed E-state index contributed by atoms with van der Waals surface area (Å²) >= 11 is 6.15. The minimum absolute atomic E-state index is 0.0120. The zero-order valence-electron chi connectivity index (χ0n) is 23.5. The lowest BCUT2D eigenvalue weighted by atomic mass is 10.0. The normalized spacial score (nSPS) is 17.2. The number of sulfonamides is 2. The molecule has 9 nitrogen and oxygen atoms in total. The number of nitrogens with one attached hydrogen (secondary N) is 3. The fraction of sp³-hybridized carbons (Fsp3) is 0.161. The number of nitrogens with zero attached hydrogens (tertiary/aromatic N) is 1. The zero-order valence-corrected chi connectivity index (χ0v) is 25.9. The van der Waals surface area contributed by atoms with Gasteiger partial charge in [-0.25, -0.2) is 26.5 Å². The molecule has 0 saturated carbocycles. The first-order valence-electron chi connectivity index (χ1n) is 13.8. The Hall–Kier alpha value is -4.24. The maximum absolute atomic E-state index is 13.6. The lowest BCUT2D eigenvalue weighted by Crippen LogP contribution is -2.31. The number of aromatic amines is 1. The fourth-order valence-corrected chi connectivity index (χ4v) is 8.17. The summed E-state index contributed by atoms with van der Waals surface area (Å²) in [5, 5.41) is -1.33. The highest BCUT2D eigenvalue weighted by Crippen LogP contribution is 2.36.